The molecule has 0 spiro atoms. The Morgan fingerprint density at radius 1 is 1.17 bits per heavy atom. The minimum atomic E-state index is -0.889. The molecule has 1 atom stereocenters. The van der Waals surface area contributed by atoms with Gasteiger partial charge in [0, 0.05) is 29.1 Å². The number of hydrogen-bond acceptors (Lipinski definition) is 2. The molecule has 0 saturated carbocycles. The number of amides is 2. The highest BCUT2D eigenvalue weighted by atomic mass is 19.1. The number of halogens is 1. The van der Waals surface area contributed by atoms with Crippen molar-refractivity contribution >= 4 is 22.7 Å². The van der Waals surface area contributed by atoms with Crippen molar-refractivity contribution in [2.75, 3.05) is 0 Å². The summed E-state index contributed by atoms with van der Waals surface area (Å²) in [4.78, 5) is 27.0. The van der Waals surface area contributed by atoms with E-state index in [0.29, 0.717) is 0 Å². The van der Waals surface area contributed by atoms with Crippen LogP contribution in [0.15, 0.2) is 54.7 Å². The number of H-pyrrole nitrogens is 1. The Balaban J connectivity index is 1.80. The first kappa shape index (κ1) is 15.7. The SMILES string of the molecule is NC(=O)[C@H](Cc1c[nH]c2ccccc12)NC(=O)c1cccc(F)c1. The molecule has 3 rings (SSSR count). The van der Waals surface area contributed by atoms with Crippen molar-refractivity contribution in [1.82, 2.24) is 10.3 Å². The maximum atomic E-state index is 13.2. The predicted molar refractivity (Wildman–Crippen MR) is 88.9 cm³/mol. The number of carbonyl (C=O) groups excluding carboxylic acids is 2. The normalized spacial score (nSPS) is 12.0. The van der Waals surface area contributed by atoms with E-state index in [0.717, 1.165) is 22.5 Å². The van der Waals surface area contributed by atoms with E-state index in [4.69, 9.17) is 5.73 Å². The highest BCUT2D eigenvalue weighted by Crippen LogP contribution is 2.19. The largest absolute Gasteiger partial charge is 0.368 e. The average Bonchev–Trinajstić information content (AvgIpc) is 2.97. The number of aromatic amines is 1. The summed E-state index contributed by atoms with van der Waals surface area (Å²) in [6.45, 7) is 0. The maximum Gasteiger partial charge on any atom is 0.252 e. The fraction of sp³-hybridized carbons (Fsp3) is 0.111. The first-order valence-corrected chi connectivity index (χ1v) is 7.45. The number of benzene rings is 2. The van der Waals surface area contributed by atoms with Crippen molar-refractivity contribution in [2.45, 2.75) is 12.5 Å². The van der Waals surface area contributed by atoms with E-state index in [1.807, 2.05) is 24.3 Å². The minimum absolute atomic E-state index is 0.139. The third kappa shape index (κ3) is 3.27. The number of primary amides is 1. The van der Waals surface area contributed by atoms with Crippen LogP contribution in [0.5, 0.6) is 0 Å². The summed E-state index contributed by atoms with van der Waals surface area (Å²) in [6, 6.07) is 12.0. The molecule has 0 saturated heterocycles. The van der Waals surface area contributed by atoms with Gasteiger partial charge in [-0.25, -0.2) is 4.39 Å². The van der Waals surface area contributed by atoms with Gasteiger partial charge in [0.1, 0.15) is 11.9 Å². The molecule has 1 aromatic heterocycles. The molecule has 0 bridgehead atoms. The van der Waals surface area contributed by atoms with Gasteiger partial charge in [0.05, 0.1) is 0 Å². The fourth-order valence-electron chi connectivity index (χ4n) is 2.61. The summed E-state index contributed by atoms with van der Waals surface area (Å²) in [5.74, 6) is -1.71. The van der Waals surface area contributed by atoms with E-state index < -0.39 is 23.7 Å². The van der Waals surface area contributed by atoms with E-state index in [2.05, 4.69) is 10.3 Å². The summed E-state index contributed by atoms with van der Waals surface area (Å²) in [7, 11) is 0. The molecule has 0 fully saturated rings. The van der Waals surface area contributed by atoms with E-state index in [1.165, 1.54) is 18.2 Å². The van der Waals surface area contributed by atoms with Crippen LogP contribution < -0.4 is 11.1 Å². The number of nitrogens with two attached hydrogens (primary N) is 1. The minimum Gasteiger partial charge on any atom is -0.368 e. The van der Waals surface area contributed by atoms with E-state index in [9.17, 15) is 14.0 Å². The third-order valence-electron chi connectivity index (χ3n) is 3.83. The second-order valence-corrected chi connectivity index (χ2v) is 5.50. The molecular formula is C18H16FN3O2. The Labute approximate surface area is 137 Å². The number of carbonyl (C=O) groups is 2. The first-order chi connectivity index (χ1) is 11.5. The standard InChI is InChI=1S/C18H16FN3O2/c19-13-5-3-4-11(8-13)18(24)22-16(17(20)23)9-12-10-21-15-7-2-1-6-14(12)15/h1-8,10,16,21H,9H2,(H2,20,23)(H,22,24)/t16-/m0/s1. The lowest BCUT2D eigenvalue weighted by Crippen LogP contribution is -2.45. The van der Waals surface area contributed by atoms with Crippen LogP contribution in [0, 0.1) is 5.82 Å². The van der Waals surface area contributed by atoms with E-state index in [-0.39, 0.29) is 12.0 Å². The van der Waals surface area contributed by atoms with Crippen molar-refractivity contribution in [1.29, 1.82) is 0 Å². The lowest BCUT2D eigenvalue weighted by atomic mass is 10.0. The van der Waals surface area contributed by atoms with Gasteiger partial charge in [-0.3, -0.25) is 9.59 Å². The zero-order chi connectivity index (χ0) is 17.1. The van der Waals surface area contributed by atoms with Crippen LogP contribution in [0.3, 0.4) is 0 Å². The molecule has 6 heteroatoms. The maximum absolute atomic E-state index is 13.2. The molecule has 24 heavy (non-hydrogen) atoms. The molecule has 0 unspecified atom stereocenters. The number of rotatable bonds is 5. The quantitative estimate of drug-likeness (QED) is 0.671. The Morgan fingerprint density at radius 2 is 1.96 bits per heavy atom. The second kappa shape index (κ2) is 6.54. The Hall–Kier alpha value is -3.15. The smallest absolute Gasteiger partial charge is 0.252 e. The van der Waals surface area contributed by atoms with Crippen LogP contribution in [0.4, 0.5) is 4.39 Å². The molecule has 4 N–H and O–H groups in total. The van der Waals surface area contributed by atoms with Gasteiger partial charge in [-0.05, 0) is 29.8 Å². The van der Waals surface area contributed by atoms with Crippen molar-refractivity contribution in [3.63, 3.8) is 0 Å². The van der Waals surface area contributed by atoms with Crippen LogP contribution >= 0.6 is 0 Å². The Kier molecular flexibility index (Phi) is 4.29. The number of aromatic nitrogens is 1. The topological polar surface area (TPSA) is 88.0 Å². The van der Waals surface area contributed by atoms with Crippen molar-refractivity contribution in [3.05, 3.63) is 71.7 Å². The van der Waals surface area contributed by atoms with E-state index in [1.54, 1.807) is 6.20 Å². The second-order valence-electron chi connectivity index (χ2n) is 5.50. The van der Waals surface area contributed by atoms with Crippen LogP contribution in [0.25, 0.3) is 10.9 Å². The summed E-state index contributed by atoms with van der Waals surface area (Å²) in [6.07, 6.45) is 2.04. The Morgan fingerprint density at radius 3 is 2.71 bits per heavy atom. The third-order valence-corrected chi connectivity index (χ3v) is 3.83. The Bertz CT molecular complexity index is 904. The number of hydrogen-bond donors (Lipinski definition) is 3. The number of para-hydroxylation sites is 1. The van der Waals surface area contributed by atoms with Gasteiger partial charge in [-0.15, -0.1) is 0 Å². The molecule has 2 amide bonds. The number of fused-ring (bicyclic) bond motifs is 1. The molecule has 122 valence electrons. The summed E-state index contributed by atoms with van der Waals surface area (Å²) >= 11 is 0. The summed E-state index contributed by atoms with van der Waals surface area (Å²) in [5, 5.41) is 3.53. The van der Waals surface area contributed by atoms with Crippen molar-refractivity contribution in [2.24, 2.45) is 5.73 Å². The average molecular weight is 325 g/mol. The number of nitrogens with one attached hydrogen (secondary N) is 2. The zero-order valence-corrected chi connectivity index (χ0v) is 12.8. The summed E-state index contributed by atoms with van der Waals surface area (Å²) < 4.78 is 13.2. The first-order valence-electron chi connectivity index (χ1n) is 7.45. The lowest BCUT2D eigenvalue weighted by Gasteiger charge is -2.15. The van der Waals surface area contributed by atoms with Crippen LogP contribution in [0.2, 0.25) is 0 Å². The van der Waals surface area contributed by atoms with Gasteiger partial charge in [0.25, 0.3) is 5.91 Å². The molecule has 5 nitrogen and oxygen atoms in total. The summed E-state index contributed by atoms with van der Waals surface area (Å²) in [5.41, 5.74) is 7.36. The molecule has 0 aliphatic rings. The fourth-order valence-corrected chi connectivity index (χ4v) is 2.61. The molecule has 3 aromatic rings. The molecule has 0 aliphatic heterocycles. The molecule has 1 heterocycles. The van der Waals surface area contributed by atoms with Gasteiger partial charge in [0.2, 0.25) is 5.91 Å². The molecular weight excluding hydrogens is 309 g/mol. The van der Waals surface area contributed by atoms with Gasteiger partial charge in [-0.2, -0.15) is 0 Å². The van der Waals surface area contributed by atoms with Crippen molar-refractivity contribution < 1.29 is 14.0 Å². The van der Waals surface area contributed by atoms with E-state index >= 15 is 0 Å². The zero-order valence-electron chi connectivity index (χ0n) is 12.8. The molecule has 0 aliphatic carbocycles. The predicted octanol–water partition coefficient (Wildman–Crippen LogP) is 2.13. The molecule has 2 aromatic carbocycles. The van der Waals surface area contributed by atoms with Crippen LogP contribution in [-0.2, 0) is 11.2 Å². The lowest BCUT2D eigenvalue weighted by molar-refractivity contribution is -0.119. The van der Waals surface area contributed by atoms with Gasteiger partial charge < -0.3 is 16.0 Å². The van der Waals surface area contributed by atoms with Crippen LogP contribution in [-0.4, -0.2) is 22.8 Å². The van der Waals surface area contributed by atoms with Crippen molar-refractivity contribution in [3.8, 4) is 0 Å². The van der Waals surface area contributed by atoms with Gasteiger partial charge in [-0.1, -0.05) is 24.3 Å². The monoisotopic (exact) mass is 325 g/mol. The van der Waals surface area contributed by atoms with Gasteiger partial charge >= 0.3 is 0 Å². The highest BCUT2D eigenvalue weighted by molar-refractivity contribution is 5.97. The van der Waals surface area contributed by atoms with Gasteiger partial charge in [0.15, 0.2) is 0 Å². The molecule has 0 radical (unpaired) electrons. The highest BCUT2D eigenvalue weighted by Gasteiger charge is 2.21. The van der Waals surface area contributed by atoms with Crippen LogP contribution in [0.1, 0.15) is 15.9 Å².